The first-order valence-corrected chi connectivity index (χ1v) is 10.1. The summed E-state index contributed by atoms with van der Waals surface area (Å²) in [5.74, 6) is 0.756. The summed E-state index contributed by atoms with van der Waals surface area (Å²) < 4.78 is 1.84. The van der Waals surface area contributed by atoms with E-state index in [1.54, 1.807) is 4.90 Å². The average Bonchev–Trinajstić information content (AvgIpc) is 3.12. The number of carbonyl (C=O) groups is 2. The van der Waals surface area contributed by atoms with Gasteiger partial charge in [0.05, 0.1) is 16.6 Å². The van der Waals surface area contributed by atoms with Gasteiger partial charge in [-0.1, -0.05) is 15.9 Å². The van der Waals surface area contributed by atoms with E-state index in [0.29, 0.717) is 5.82 Å². The van der Waals surface area contributed by atoms with Crippen LogP contribution in [0.5, 0.6) is 0 Å². The lowest BCUT2D eigenvalue weighted by Gasteiger charge is -2.30. The Hall–Kier alpha value is -1.57. The van der Waals surface area contributed by atoms with Crippen LogP contribution in [-0.2, 0) is 10.3 Å². The summed E-state index contributed by atoms with van der Waals surface area (Å²) in [6, 6.07) is 1.90. The van der Waals surface area contributed by atoms with Crippen LogP contribution in [-0.4, -0.2) is 49.2 Å². The molecule has 2 rings (SSSR count). The molecule has 2 atom stereocenters. The Morgan fingerprint density at radius 2 is 2.08 bits per heavy atom. The van der Waals surface area contributed by atoms with Gasteiger partial charge in [-0.15, -0.1) is 0 Å². The molecule has 0 aliphatic heterocycles. The molecule has 0 radical (unpaired) electrons. The summed E-state index contributed by atoms with van der Waals surface area (Å²) in [5, 5.41) is 17.4. The van der Waals surface area contributed by atoms with Crippen molar-refractivity contribution < 1.29 is 14.7 Å². The van der Waals surface area contributed by atoms with Gasteiger partial charge < -0.3 is 15.3 Å². The van der Waals surface area contributed by atoms with Gasteiger partial charge in [0.15, 0.2) is 0 Å². The van der Waals surface area contributed by atoms with E-state index in [1.165, 1.54) is 0 Å². The highest BCUT2D eigenvalue weighted by Gasteiger charge is 2.36. The van der Waals surface area contributed by atoms with E-state index < -0.39 is 6.09 Å². The van der Waals surface area contributed by atoms with Crippen LogP contribution in [0.2, 0.25) is 0 Å². The lowest BCUT2D eigenvalue weighted by Crippen LogP contribution is -2.42. The molecule has 1 heterocycles. The largest absolute Gasteiger partial charge is 0.465 e. The number of rotatable bonds is 5. The van der Waals surface area contributed by atoms with E-state index in [0.717, 1.165) is 25.0 Å². The highest BCUT2D eigenvalue weighted by atomic mass is 79.9. The predicted molar refractivity (Wildman–Crippen MR) is 105 cm³/mol. The third-order valence-electron chi connectivity index (χ3n) is 4.75. The number of carbonyl (C=O) groups excluding carboxylic acids is 1. The van der Waals surface area contributed by atoms with Crippen molar-refractivity contribution in [3.05, 3.63) is 11.8 Å². The zero-order valence-electron chi connectivity index (χ0n) is 16.1. The van der Waals surface area contributed by atoms with Crippen LogP contribution in [0, 0.1) is 0 Å². The fraction of sp³-hybridized carbons (Fsp3) is 0.722. The van der Waals surface area contributed by atoms with Gasteiger partial charge in [0.25, 0.3) is 0 Å². The number of nitrogens with one attached hydrogen (secondary N) is 1. The van der Waals surface area contributed by atoms with Crippen molar-refractivity contribution in [1.82, 2.24) is 14.7 Å². The first-order chi connectivity index (χ1) is 12.0. The normalized spacial score (nSPS) is 20.4. The van der Waals surface area contributed by atoms with E-state index >= 15 is 0 Å². The minimum Gasteiger partial charge on any atom is -0.465 e. The molecule has 1 aromatic heterocycles. The molecule has 1 fully saturated rings. The second-order valence-electron chi connectivity index (χ2n) is 8.17. The maximum atomic E-state index is 11.8. The van der Waals surface area contributed by atoms with Crippen molar-refractivity contribution in [2.24, 2.45) is 0 Å². The molecule has 26 heavy (non-hydrogen) atoms. The van der Waals surface area contributed by atoms with Crippen LogP contribution in [0.25, 0.3) is 0 Å². The first-order valence-electron chi connectivity index (χ1n) is 9.02. The second kappa shape index (κ2) is 7.98. The number of aromatic nitrogens is 2. The molecule has 0 unspecified atom stereocenters. The quantitative estimate of drug-likeness (QED) is 0.693. The van der Waals surface area contributed by atoms with Crippen molar-refractivity contribution in [1.29, 1.82) is 0 Å². The molecular formula is C18H29BrN4O3. The molecule has 1 saturated carbocycles. The lowest BCUT2D eigenvalue weighted by atomic mass is 10.0. The molecule has 7 nitrogen and oxygen atoms in total. The summed E-state index contributed by atoms with van der Waals surface area (Å²) in [6.45, 7) is 9.93. The van der Waals surface area contributed by atoms with Crippen LogP contribution in [0.1, 0.15) is 65.5 Å². The van der Waals surface area contributed by atoms with Gasteiger partial charge in [0, 0.05) is 24.1 Å². The zero-order chi connectivity index (χ0) is 19.6. The minimum atomic E-state index is -0.865. The molecule has 0 aromatic carbocycles. The number of amides is 2. The standard InChI is InChI=1S/C18H29BrN4O3/c1-11(2)22(17(25)26)13-7-6-12(8-13)14-9-15(20-16(24)10-19)23(21-14)18(3,4)5/h9,11-13H,6-8,10H2,1-5H3,(H,20,24)(H,25,26)/t12-,13+/m0/s1. The van der Waals surface area contributed by atoms with Crippen molar-refractivity contribution in [2.75, 3.05) is 10.6 Å². The predicted octanol–water partition coefficient (Wildman–Crippen LogP) is 4.00. The van der Waals surface area contributed by atoms with Crippen molar-refractivity contribution in [2.45, 2.75) is 77.4 Å². The third kappa shape index (κ3) is 4.58. The van der Waals surface area contributed by atoms with E-state index in [9.17, 15) is 14.7 Å². The van der Waals surface area contributed by atoms with Gasteiger partial charge in [-0.3, -0.25) is 4.79 Å². The summed E-state index contributed by atoms with van der Waals surface area (Å²) >= 11 is 3.17. The van der Waals surface area contributed by atoms with Gasteiger partial charge in [-0.05, 0) is 53.9 Å². The Bertz CT molecular complexity index is 666. The fourth-order valence-corrected chi connectivity index (χ4v) is 3.79. The first kappa shape index (κ1) is 20.7. The van der Waals surface area contributed by atoms with Crippen LogP contribution >= 0.6 is 15.9 Å². The number of hydrogen-bond donors (Lipinski definition) is 2. The van der Waals surface area contributed by atoms with E-state index in [2.05, 4.69) is 21.2 Å². The molecule has 1 aliphatic rings. The molecule has 1 aliphatic carbocycles. The maximum absolute atomic E-state index is 11.8. The number of hydrogen-bond acceptors (Lipinski definition) is 3. The van der Waals surface area contributed by atoms with E-state index in [4.69, 9.17) is 5.10 Å². The lowest BCUT2D eigenvalue weighted by molar-refractivity contribution is -0.113. The number of alkyl halides is 1. The Balaban J connectivity index is 2.24. The Morgan fingerprint density at radius 3 is 2.58 bits per heavy atom. The van der Waals surface area contributed by atoms with Crippen molar-refractivity contribution in [3.8, 4) is 0 Å². The average molecular weight is 429 g/mol. The smallest absolute Gasteiger partial charge is 0.407 e. The zero-order valence-corrected chi connectivity index (χ0v) is 17.7. The minimum absolute atomic E-state index is 0.0119. The van der Waals surface area contributed by atoms with E-state index in [-0.39, 0.29) is 34.8 Å². The molecule has 0 spiro atoms. The summed E-state index contributed by atoms with van der Waals surface area (Å²) in [4.78, 5) is 24.9. The molecule has 0 saturated heterocycles. The van der Waals surface area contributed by atoms with Crippen LogP contribution in [0.4, 0.5) is 10.6 Å². The van der Waals surface area contributed by atoms with Gasteiger partial charge in [0.2, 0.25) is 5.91 Å². The SMILES string of the molecule is CC(C)N(C(=O)O)[C@@H]1CC[C@H](c2cc(NC(=O)CBr)n(C(C)(C)C)n2)C1. The van der Waals surface area contributed by atoms with Crippen LogP contribution < -0.4 is 5.32 Å². The summed E-state index contributed by atoms with van der Waals surface area (Å²) in [5.41, 5.74) is 0.650. The molecule has 8 heteroatoms. The highest BCUT2D eigenvalue weighted by Crippen LogP contribution is 2.38. The van der Waals surface area contributed by atoms with Crippen LogP contribution in [0.15, 0.2) is 6.07 Å². The van der Waals surface area contributed by atoms with Crippen molar-refractivity contribution >= 4 is 33.7 Å². The molecule has 146 valence electrons. The van der Waals surface area contributed by atoms with Crippen molar-refractivity contribution in [3.63, 3.8) is 0 Å². The van der Waals surface area contributed by atoms with Gasteiger partial charge in [0.1, 0.15) is 5.82 Å². The molecular weight excluding hydrogens is 400 g/mol. The Morgan fingerprint density at radius 1 is 1.42 bits per heavy atom. The summed E-state index contributed by atoms with van der Waals surface area (Å²) in [7, 11) is 0. The molecule has 0 bridgehead atoms. The van der Waals surface area contributed by atoms with Crippen LogP contribution in [0.3, 0.4) is 0 Å². The van der Waals surface area contributed by atoms with Gasteiger partial charge in [-0.2, -0.15) is 5.10 Å². The van der Waals surface area contributed by atoms with Gasteiger partial charge in [-0.25, -0.2) is 9.48 Å². The maximum Gasteiger partial charge on any atom is 0.407 e. The Labute approximate surface area is 163 Å². The number of nitrogens with zero attached hydrogens (tertiary/aromatic N) is 3. The number of anilines is 1. The molecule has 2 amide bonds. The topological polar surface area (TPSA) is 87.5 Å². The Kier molecular flexibility index (Phi) is 6.37. The van der Waals surface area contributed by atoms with E-state index in [1.807, 2.05) is 45.4 Å². The number of carboxylic acid groups (broad SMARTS) is 1. The monoisotopic (exact) mass is 428 g/mol. The molecule has 1 aromatic rings. The molecule has 2 N–H and O–H groups in total. The van der Waals surface area contributed by atoms with Gasteiger partial charge >= 0.3 is 6.09 Å². The fourth-order valence-electron chi connectivity index (χ4n) is 3.65. The summed E-state index contributed by atoms with van der Waals surface area (Å²) in [6.07, 6.45) is 1.63. The number of halogens is 1. The third-order valence-corrected chi connectivity index (χ3v) is 5.26. The second-order valence-corrected chi connectivity index (χ2v) is 8.73. The highest BCUT2D eigenvalue weighted by molar-refractivity contribution is 9.09.